The Morgan fingerprint density at radius 2 is 1.46 bits per heavy atom. The smallest absolute Gasteiger partial charge is 0.124 e. The maximum Gasteiger partial charge on any atom is 0.124 e. The summed E-state index contributed by atoms with van der Waals surface area (Å²) in [6.07, 6.45) is 10.5. The van der Waals surface area contributed by atoms with E-state index in [2.05, 4.69) is 34.6 Å². The third-order valence-electron chi connectivity index (χ3n) is 3.56. The van der Waals surface area contributed by atoms with Crippen LogP contribution in [0.4, 0.5) is 0 Å². The summed E-state index contributed by atoms with van der Waals surface area (Å²) in [5.74, 6) is 1.34. The van der Waals surface area contributed by atoms with Crippen LogP contribution in [0, 0.1) is 11.3 Å². The average Bonchev–Trinajstić information content (AvgIpc) is 2.53. The fourth-order valence-corrected chi connectivity index (χ4v) is 2.30. The van der Waals surface area contributed by atoms with Gasteiger partial charge in [-0.05, 0) is 35.6 Å². The first-order valence-electron chi connectivity index (χ1n) is 9.47. The number of phenolic OH excluding ortho intramolecular Hbond substituents is 1. The van der Waals surface area contributed by atoms with E-state index in [1.807, 2.05) is 0 Å². The molecule has 0 unspecified atom stereocenters. The highest BCUT2D eigenvalue weighted by molar-refractivity contribution is 5.68. The summed E-state index contributed by atoms with van der Waals surface area (Å²) in [6.45, 7) is 11.1. The van der Waals surface area contributed by atoms with Crippen LogP contribution in [0.2, 0.25) is 0 Å². The van der Waals surface area contributed by atoms with Crippen LogP contribution in [0.3, 0.4) is 0 Å². The van der Waals surface area contributed by atoms with E-state index in [0.29, 0.717) is 16.7 Å². The van der Waals surface area contributed by atoms with E-state index in [1.165, 1.54) is 38.2 Å². The van der Waals surface area contributed by atoms with Crippen molar-refractivity contribution in [2.45, 2.75) is 66.7 Å². The molecule has 26 heavy (non-hydrogen) atoms. The molecule has 4 heteroatoms. The molecule has 4 nitrogen and oxygen atoms in total. The van der Waals surface area contributed by atoms with Gasteiger partial charge < -0.3 is 22.3 Å². The lowest BCUT2D eigenvalue weighted by atomic mass is 9.91. The highest BCUT2D eigenvalue weighted by Gasteiger charge is 2.06. The third kappa shape index (κ3) is 14.3. The summed E-state index contributed by atoms with van der Waals surface area (Å²) < 4.78 is 0. The van der Waals surface area contributed by atoms with Crippen molar-refractivity contribution in [3.05, 3.63) is 47.8 Å². The molecule has 1 aromatic rings. The Morgan fingerprint density at radius 1 is 0.962 bits per heavy atom. The minimum absolute atomic E-state index is 0.130. The van der Waals surface area contributed by atoms with Crippen molar-refractivity contribution in [3.63, 3.8) is 0 Å². The van der Waals surface area contributed by atoms with E-state index in [9.17, 15) is 5.11 Å². The summed E-state index contributed by atoms with van der Waals surface area (Å²) in [6, 6.07) is 6.78. The lowest BCUT2D eigenvalue weighted by Crippen LogP contribution is -2.07. The molecule has 0 radical (unpaired) electrons. The van der Waals surface area contributed by atoms with Crippen LogP contribution >= 0.6 is 0 Å². The van der Waals surface area contributed by atoms with E-state index in [4.69, 9.17) is 17.2 Å². The first-order chi connectivity index (χ1) is 12.0. The Kier molecular flexibility index (Phi) is 11.3. The number of rotatable bonds is 2. The number of phenols is 1. The molecule has 1 saturated carbocycles. The number of benzene rings is 1. The van der Waals surface area contributed by atoms with Gasteiger partial charge in [0.2, 0.25) is 0 Å². The predicted molar refractivity (Wildman–Crippen MR) is 114 cm³/mol. The summed E-state index contributed by atoms with van der Waals surface area (Å²) in [7, 11) is 0. The van der Waals surface area contributed by atoms with Gasteiger partial charge in [0.05, 0.1) is 5.82 Å². The zero-order chi connectivity index (χ0) is 20.2. The second kappa shape index (κ2) is 12.3. The Hall–Kier alpha value is -2.10. The maximum absolute atomic E-state index is 9.44. The molecule has 148 valence electrons. The molecular formula is C22H39N3O. The van der Waals surface area contributed by atoms with Crippen LogP contribution in [0.5, 0.6) is 5.75 Å². The second-order valence-electron chi connectivity index (χ2n) is 8.55. The molecule has 0 amide bonds. The molecule has 1 aliphatic carbocycles. The molecule has 0 saturated heterocycles. The lowest BCUT2D eigenvalue weighted by Gasteiger charge is -2.15. The molecule has 0 atom stereocenters. The molecule has 0 bridgehead atoms. The van der Waals surface area contributed by atoms with Crippen molar-refractivity contribution in [1.82, 2.24) is 0 Å². The minimum Gasteiger partial charge on any atom is -0.507 e. The number of hydrogen-bond donors (Lipinski definition) is 4. The topological polar surface area (TPSA) is 98.3 Å². The van der Waals surface area contributed by atoms with E-state index < -0.39 is 0 Å². The zero-order valence-corrected chi connectivity index (χ0v) is 17.3. The van der Waals surface area contributed by atoms with Gasteiger partial charge in [0.1, 0.15) is 5.75 Å². The van der Waals surface area contributed by atoms with Crippen LogP contribution in [0.1, 0.15) is 72.3 Å². The van der Waals surface area contributed by atoms with Gasteiger partial charge in [0.25, 0.3) is 0 Å². The molecule has 7 N–H and O–H groups in total. The van der Waals surface area contributed by atoms with Crippen molar-refractivity contribution in [2.75, 3.05) is 0 Å². The van der Waals surface area contributed by atoms with E-state index in [0.717, 1.165) is 5.92 Å². The number of nitrogens with two attached hydrogens (primary N) is 3. The summed E-state index contributed by atoms with van der Waals surface area (Å²) in [5.41, 5.74) is 17.6. The number of allylic oxidation sites excluding steroid dienone is 2. The van der Waals surface area contributed by atoms with Gasteiger partial charge in [-0.1, -0.05) is 78.9 Å². The Morgan fingerprint density at radius 3 is 1.85 bits per heavy atom. The second-order valence-corrected chi connectivity index (χ2v) is 8.55. The Balaban J connectivity index is 0.000000431. The monoisotopic (exact) mass is 361 g/mol. The number of aromatic hydroxyl groups is 1. The molecule has 0 aliphatic heterocycles. The lowest BCUT2D eigenvalue weighted by molar-refractivity contribution is 0.385. The molecule has 1 aromatic carbocycles. The van der Waals surface area contributed by atoms with Gasteiger partial charge in [0.15, 0.2) is 0 Å². The molecule has 0 aromatic heterocycles. The molecule has 0 heterocycles. The van der Waals surface area contributed by atoms with E-state index >= 15 is 0 Å². The molecular weight excluding hydrogens is 322 g/mol. The van der Waals surface area contributed by atoms with Crippen molar-refractivity contribution in [3.8, 4) is 5.75 Å². The van der Waals surface area contributed by atoms with Gasteiger partial charge in [-0.25, -0.2) is 0 Å². The van der Waals surface area contributed by atoms with Gasteiger partial charge in [-0.3, -0.25) is 0 Å². The van der Waals surface area contributed by atoms with Gasteiger partial charge >= 0.3 is 0 Å². The summed E-state index contributed by atoms with van der Waals surface area (Å²) in [4.78, 5) is 0. The summed E-state index contributed by atoms with van der Waals surface area (Å²) in [5, 5.41) is 9.44. The Labute approximate surface area is 160 Å². The largest absolute Gasteiger partial charge is 0.507 e. The van der Waals surface area contributed by atoms with E-state index in [-0.39, 0.29) is 11.6 Å². The van der Waals surface area contributed by atoms with Crippen LogP contribution in [-0.2, 0) is 0 Å². The first-order valence-corrected chi connectivity index (χ1v) is 9.47. The first kappa shape index (κ1) is 23.9. The molecule has 2 rings (SSSR count). The minimum atomic E-state index is 0.130. The standard InChI is InChI=1S/C10H13N3O.C7H14.C5H12/c11-8(5-6-10(12)13)7-3-1-2-4-9(7)14;1-7-5-3-2-4-6-7;1-5(2,3)4/h1-6,14H,11-13H2;7H,2-6H2,1H3;1-4H3/b8-5-;;. The highest BCUT2D eigenvalue weighted by Crippen LogP contribution is 2.22. The molecule has 1 fully saturated rings. The quantitative estimate of drug-likeness (QED) is 0.551. The fourth-order valence-electron chi connectivity index (χ4n) is 2.30. The average molecular weight is 362 g/mol. The summed E-state index contributed by atoms with van der Waals surface area (Å²) >= 11 is 0. The fraction of sp³-hybridized carbons (Fsp3) is 0.545. The van der Waals surface area contributed by atoms with Crippen LogP contribution in [0.15, 0.2) is 42.2 Å². The van der Waals surface area contributed by atoms with Gasteiger partial charge in [0, 0.05) is 11.3 Å². The van der Waals surface area contributed by atoms with Crippen molar-refractivity contribution >= 4 is 5.70 Å². The maximum atomic E-state index is 9.44. The molecule has 0 spiro atoms. The SMILES string of the molecule is CC(C)(C)C.CC1CCCCC1.NC(N)=C/C=C(\N)c1ccccc1O. The number of hydrogen-bond acceptors (Lipinski definition) is 4. The number of para-hydroxylation sites is 1. The normalized spacial score (nSPS) is 15.0. The van der Waals surface area contributed by atoms with Crippen LogP contribution in [0.25, 0.3) is 5.70 Å². The predicted octanol–water partition coefficient (Wildman–Crippen LogP) is 5.09. The van der Waals surface area contributed by atoms with Crippen molar-refractivity contribution < 1.29 is 5.11 Å². The van der Waals surface area contributed by atoms with E-state index in [1.54, 1.807) is 30.3 Å². The third-order valence-corrected chi connectivity index (χ3v) is 3.56. The Bertz CT molecular complexity index is 555. The van der Waals surface area contributed by atoms with Crippen LogP contribution < -0.4 is 17.2 Å². The van der Waals surface area contributed by atoms with Crippen molar-refractivity contribution in [2.24, 2.45) is 28.5 Å². The molecule has 1 aliphatic rings. The highest BCUT2D eigenvalue weighted by atomic mass is 16.3. The van der Waals surface area contributed by atoms with Crippen LogP contribution in [-0.4, -0.2) is 5.11 Å². The zero-order valence-electron chi connectivity index (χ0n) is 17.3. The van der Waals surface area contributed by atoms with Gasteiger partial charge in [-0.2, -0.15) is 0 Å². The van der Waals surface area contributed by atoms with Gasteiger partial charge in [-0.15, -0.1) is 0 Å². The van der Waals surface area contributed by atoms with Crippen molar-refractivity contribution in [1.29, 1.82) is 0 Å².